The van der Waals surface area contributed by atoms with Crippen molar-refractivity contribution in [2.45, 2.75) is 30.0 Å². The van der Waals surface area contributed by atoms with Crippen LogP contribution in [0.5, 0.6) is 11.5 Å². The van der Waals surface area contributed by atoms with Crippen LogP contribution in [0, 0.1) is 0 Å². The Morgan fingerprint density at radius 2 is 1.76 bits per heavy atom. The summed E-state index contributed by atoms with van der Waals surface area (Å²) < 4.78 is 79.0. The molecule has 0 aliphatic carbocycles. The molecule has 2 aromatic rings. The Kier molecular flexibility index (Phi) is 5.16. The van der Waals surface area contributed by atoms with E-state index in [2.05, 4.69) is 0 Å². The summed E-state index contributed by atoms with van der Waals surface area (Å²) in [7, 11) is -4.41. The summed E-state index contributed by atoms with van der Waals surface area (Å²) in [5.41, 5.74) is -0.615. The number of halogens is 4. The van der Waals surface area contributed by atoms with Crippen molar-refractivity contribution in [1.82, 2.24) is 4.31 Å². The normalized spacial score (nSPS) is 20.1. The number of sulfonamides is 1. The maximum atomic E-state index is 13.5. The lowest BCUT2D eigenvalue weighted by Crippen LogP contribution is -2.32. The molecule has 5 nitrogen and oxygen atoms in total. The van der Waals surface area contributed by atoms with Crippen molar-refractivity contribution in [1.29, 1.82) is 0 Å². The Hall–Kier alpha value is -1.97. The monoisotopic (exact) mass is 447 g/mol. The molecule has 0 bridgehead atoms. The predicted molar refractivity (Wildman–Crippen MR) is 99.8 cm³/mol. The third-order valence-electron chi connectivity index (χ3n) is 4.99. The molecule has 10 heteroatoms. The van der Waals surface area contributed by atoms with Gasteiger partial charge in [0.2, 0.25) is 10.0 Å². The van der Waals surface area contributed by atoms with Crippen molar-refractivity contribution >= 4 is 21.6 Å². The van der Waals surface area contributed by atoms with Crippen molar-refractivity contribution in [2.24, 2.45) is 0 Å². The molecule has 156 valence electrons. The van der Waals surface area contributed by atoms with Gasteiger partial charge >= 0.3 is 6.18 Å². The summed E-state index contributed by atoms with van der Waals surface area (Å²) in [6.45, 7) is 0.928. The lowest BCUT2D eigenvalue weighted by molar-refractivity contribution is -0.139. The van der Waals surface area contributed by atoms with E-state index in [4.69, 9.17) is 21.1 Å². The molecule has 1 atom stereocenters. The predicted octanol–water partition coefficient (Wildman–Crippen LogP) is 4.66. The van der Waals surface area contributed by atoms with E-state index in [-0.39, 0.29) is 11.6 Å². The first-order valence-corrected chi connectivity index (χ1v) is 10.8. The molecule has 2 aliphatic rings. The molecule has 0 aromatic heterocycles. The van der Waals surface area contributed by atoms with Gasteiger partial charge in [-0.15, -0.1) is 0 Å². The second-order valence-electron chi connectivity index (χ2n) is 6.82. The topological polar surface area (TPSA) is 55.8 Å². The summed E-state index contributed by atoms with van der Waals surface area (Å²) >= 11 is 5.69. The van der Waals surface area contributed by atoms with Gasteiger partial charge in [0.15, 0.2) is 11.5 Å². The van der Waals surface area contributed by atoms with Crippen LogP contribution in [0.25, 0.3) is 0 Å². The van der Waals surface area contributed by atoms with Gasteiger partial charge in [0.1, 0.15) is 13.2 Å². The summed E-state index contributed by atoms with van der Waals surface area (Å²) in [6.07, 6.45) is -3.82. The van der Waals surface area contributed by atoms with Crippen LogP contribution in [0.4, 0.5) is 13.2 Å². The van der Waals surface area contributed by atoms with E-state index in [1.165, 1.54) is 0 Å². The number of hydrogen-bond acceptors (Lipinski definition) is 4. The molecular formula is C19H17ClF3NO4S. The minimum atomic E-state index is -4.85. The summed E-state index contributed by atoms with van der Waals surface area (Å²) in [6, 6.07) is 7.23. The van der Waals surface area contributed by atoms with Gasteiger partial charge in [0.05, 0.1) is 16.5 Å². The van der Waals surface area contributed by atoms with Gasteiger partial charge in [-0.3, -0.25) is 0 Å². The first-order valence-electron chi connectivity index (χ1n) is 8.96. The Labute approximate surface area is 171 Å². The van der Waals surface area contributed by atoms with Gasteiger partial charge in [-0.2, -0.15) is 17.5 Å². The van der Waals surface area contributed by atoms with E-state index >= 15 is 0 Å². The van der Waals surface area contributed by atoms with E-state index in [0.29, 0.717) is 49.2 Å². The van der Waals surface area contributed by atoms with Crippen LogP contribution in [0.2, 0.25) is 5.02 Å². The largest absolute Gasteiger partial charge is 0.486 e. The highest BCUT2D eigenvalue weighted by Gasteiger charge is 2.43. The van der Waals surface area contributed by atoms with E-state index < -0.39 is 32.7 Å². The Bertz CT molecular complexity index is 1040. The molecule has 2 heterocycles. The van der Waals surface area contributed by atoms with Crippen LogP contribution in [0.15, 0.2) is 41.3 Å². The average Bonchev–Trinajstić information content (AvgIpc) is 3.17. The van der Waals surface area contributed by atoms with E-state index in [0.717, 1.165) is 16.4 Å². The van der Waals surface area contributed by atoms with Gasteiger partial charge < -0.3 is 9.47 Å². The van der Waals surface area contributed by atoms with Gasteiger partial charge in [0.25, 0.3) is 0 Å². The van der Waals surface area contributed by atoms with E-state index in [1.54, 1.807) is 18.2 Å². The zero-order chi connectivity index (χ0) is 20.8. The van der Waals surface area contributed by atoms with Crippen molar-refractivity contribution < 1.29 is 31.1 Å². The third-order valence-corrected chi connectivity index (χ3v) is 7.19. The fraction of sp³-hybridized carbons (Fsp3) is 0.368. The molecule has 0 amide bonds. The minimum Gasteiger partial charge on any atom is -0.486 e. The SMILES string of the molecule is O=S(=O)(c1ccc(Cl)cc1C(F)(F)F)N1CCC[C@@H]1c1ccc2c(c1)OCCO2. The van der Waals surface area contributed by atoms with Crippen molar-refractivity contribution in [3.8, 4) is 11.5 Å². The maximum absolute atomic E-state index is 13.5. The Balaban J connectivity index is 1.74. The molecule has 4 rings (SSSR count). The first kappa shape index (κ1) is 20.3. The lowest BCUT2D eigenvalue weighted by atomic mass is 10.0. The quantitative estimate of drug-likeness (QED) is 0.687. The molecule has 1 saturated heterocycles. The number of ether oxygens (including phenoxy) is 2. The number of hydrogen-bond donors (Lipinski definition) is 0. The number of rotatable bonds is 3. The second-order valence-corrected chi connectivity index (χ2v) is 9.11. The van der Waals surface area contributed by atoms with Crippen LogP contribution >= 0.6 is 11.6 Å². The van der Waals surface area contributed by atoms with Gasteiger partial charge in [0, 0.05) is 11.6 Å². The molecule has 0 N–H and O–H groups in total. The van der Waals surface area contributed by atoms with E-state index in [9.17, 15) is 21.6 Å². The van der Waals surface area contributed by atoms with Crippen LogP contribution in [0.3, 0.4) is 0 Å². The molecule has 2 aromatic carbocycles. The summed E-state index contributed by atoms with van der Waals surface area (Å²) in [5, 5.41) is -0.180. The van der Waals surface area contributed by atoms with Crippen LogP contribution in [0.1, 0.15) is 30.0 Å². The fourth-order valence-electron chi connectivity index (χ4n) is 3.70. The molecule has 29 heavy (non-hydrogen) atoms. The number of alkyl halides is 3. The van der Waals surface area contributed by atoms with Crippen molar-refractivity contribution in [3.63, 3.8) is 0 Å². The highest BCUT2D eigenvalue weighted by molar-refractivity contribution is 7.89. The highest BCUT2D eigenvalue weighted by Crippen LogP contribution is 2.43. The van der Waals surface area contributed by atoms with Gasteiger partial charge in [-0.05, 0) is 48.7 Å². The lowest BCUT2D eigenvalue weighted by Gasteiger charge is -2.27. The van der Waals surface area contributed by atoms with Crippen LogP contribution < -0.4 is 9.47 Å². The second kappa shape index (κ2) is 7.37. The molecule has 2 aliphatic heterocycles. The summed E-state index contributed by atoms with van der Waals surface area (Å²) in [4.78, 5) is -0.793. The molecule has 0 saturated carbocycles. The highest BCUT2D eigenvalue weighted by atomic mass is 35.5. The zero-order valence-corrected chi connectivity index (χ0v) is 16.6. The zero-order valence-electron chi connectivity index (χ0n) is 15.1. The average molecular weight is 448 g/mol. The Morgan fingerprint density at radius 1 is 1.03 bits per heavy atom. The fourth-order valence-corrected chi connectivity index (χ4v) is 5.75. The van der Waals surface area contributed by atoms with Crippen LogP contribution in [-0.2, 0) is 16.2 Å². The van der Waals surface area contributed by atoms with Crippen molar-refractivity contribution in [2.75, 3.05) is 19.8 Å². The summed E-state index contributed by atoms with van der Waals surface area (Å²) in [5.74, 6) is 1.06. The van der Waals surface area contributed by atoms with Crippen LogP contribution in [-0.4, -0.2) is 32.5 Å². The van der Waals surface area contributed by atoms with Gasteiger partial charge in [-0.1, -0.05) is 17.7 Å². The number of fused-ring (bicyclic) bond motifs is 1. The standard InChI is InChI=1S/C19H17ClF3NO4S/c20-13-4-6-18(14(11-13)19(21,22)23)29(25,26)24-7-1-2-15(24)12-3-5-16-17(10-12)28-9-8-27-16/h3-6,10-11,15H,1-2,7-9H2/t15-/m1/s1. The molecule has 0 radical (unpaired) electrons. The molecule has 0 spiro atoms. The van der Waals surface area contributed by atoms with Crippen molar-refractivity contribution in [3.05, 3.63) is 52.5 Å². The van der Waals surface area contributed by atoms with E-state index in [1.807, 2.05) is 0 Å². The Morgan fingerprint density at radius 3 is 2.48 bits per heavy atom. The number of benzene rings is 2. The molecule has 0 unspecified atom stereocenters. The first-order chi connectivity index (χ1) is 13.7. The maximum Gasteiger partial charge on any atom is 0.417 e. The molecular weight excluding hydrogens is 431 g/mol. The third kappa shape index (κ3) is 3.78. The van der Waals surface area contributed by atoms with Gasteiger partial charge in [-0.25, -0.2) is 8.42 Å². The molecule has 1 fully saturated rings. The number of nitrogens with zero attached hydrogens (tertiary/aromatic N) is 1. The minimum absolute atomic E-state index is 0.126. The smallest absolute Gasteiger partial charge is 0.417 e.